The average Bonchev–Trinajstić information content (AvgIpc) is 3.32. The summed E-state index contributed by atoms with van der Waals surface area (Å²) in [7, 11) is -5.89. The maximum Gasteiger partial charge on any atom is 0.307 e. The quantitative estimate of drug-likeness (QED) is 0.376. The van der Waals surface area contributed by atoms with Crippen molar-refractivity contribution in [3.8, 4) is 11.3 Å². The third kappa shape index (κ3) is 7.01. The van der Waals surface area contributed by atoms with Crippen LogP contribution in [0.4, 0.5) is 0 Å². The van der Waals surface area contributed by atoms with Gasteiger partial charge in [-0.25, -0.2) is 22.3 Å². The number of hydrogen-bond acceptors (Lipinski definition) is 7. The fraction of sp³-hybridized carbons (Fsp3) is 0.533. The number of fused-ring (bicyclic) bond motifs is 1. The molecule has 3 heterocycles. The summed E-state index contributed by atoms with van der Waals surface area (Å²) in [5.74, 6) is 4.66. The second kappa shape index (κ2) is 11.5. The highest BCUT2D eigenvalue weighted by atomic mass is 32.2. The molecule has 1 saturated heterocycles. The third-order valence-corrected chi connectivity index (χ3v) is 11.6. The zero-order chi connectivity index (χ0) is 29.4. The van der Waals surface area contributed by atoms with E-state index < -0.39 is 31.0 Å². The van der Waals surface area contributed by atoms with E-state index in [1.807, 2.05) is 32.9 Å². The number of benzene rings is 1. The Balaban J connectivity index is 1.54. The van der Waals surface area contributed by atoms with Crippen molar-refractivity contribution in [2.45, 2.75) is 88.6 Å². The van der Waals surface area contributed by atoms with E-state index in [0.29, 0.717) is 41.2 Å². The molecule has 1 aliphatic carbocycles. The molecule has 9 nitrogen and oxygen atoms in total. The predicted octanol–water partition coefficient (Wildman–Crippen LogP) is 4.70. The monoisotopic (exact) mass is 600 g/mol. The number of hydrogen-bond donors (Lipinski definition) is 2. The summed E-state index contributed by atoms with van der Waals surface area (Å²) >= 11 is 0. The van der Waals surface area contributed by atoms with E-state index in [9.17, 15) is 17.4 Å². The number of nitrogens with one attached hydrogen (secondary N) is 2. The topological polar surface area (TPSA) is 131 Å². The molecule has 1 atom stereocenters. The van der Waals surface area contributed by atoms with Gasteiger partial charge in [0.1, 0.15) is 9.84 Å². The first-order valence-electron chi connectivity index (χ1n) is 14.4. The van der Waals surface area contributed by atoms with Gasteiger partial charge in [-0.1, -0.05) is 32.1 Å². The molecule has 1 saturated carbocycles. The molecule has 2 N–H and O–H groups in total. The number of oxazole rings is 1. The Kier molecular flexibility index (Phi) is 8.33. The minimum Gasteiger partial charge on any atom is -0.432 e. The van der Waals surface area contributed by atoms with Crippen LogP contribution in [0.1, 0.15) is 82.1 Å². The third-order valence-electron chi connectivity index (χ3n) is 7.84. The van der Waals surface area contributed by atoms with E-state index in [2.05, 4.69) is 20.9 Å². The molecule has 1 amide bonds. The van der Waals surface area contributed by atoms with Crippen molar-refractivity contribution in [2.24, 2.45) is 5.92 Å². The van der Waals surface area contributed by atoms with E-state index >= 15 is 0 Å². The predicted molar refractivity (Wildman–Crippen MR) is 163 cm³/mol. The molecular formula is C30H40N4O5S2. The molecule has 1 aromatic carbocycles. The van der Waals surface area contributed by atoms with Crippen molar-refractivity contribution in [1.82, 2.24) is 20.0 Å². The van der Waals surface area contributed by atoms with Crippen molar-refractivity contribution < 1.29 is 21.8 Å². The van der Waals surface area contributed by atoms with E-state index in [-0.39, 0.29) is 23.4 Å². The summed E-state index contributed by atoms with van der Waals surface area (Å²) in [6.45, 7) is 5.83. The van der Waals surface area contributed by atoms with E-state index in [1.54, 1.807) is 18.5 Å². The molecule has 2 aliphatic rings. The average molecular weight is 601 g/mol. The first-order chi connectivity index (χ1) is 19.3. The molecule has 0 spiro atoms. The van der Waals surface area contributed by atoms with Gasteiger partial charge in [-0.05, 0) is 75.4 Å². The van der Waals surface area contributed by atoms with Crippen LogP contribution in [-0.2, 0) is 26.0 Å². The number of nitrogens with zero attached hydrogens (tertiary/aromatic N) is 2. The van der Waals surface area contributed by atoms with Gasteiger partial charge >= 0.3 is 5.91 Å². The number of carbonyl (C=O) groups excluding carboxylic acids is 1. The smallest absolute Gasteiger partial charge is 0.307 e. The van der Waals surface area contributed by atoms with Crippen LogP contribution in [0, 0.1) is 5.92 Å². The number of pyridine rings is 1. The second-order valence-corrected chi connectivity index (χ2v) is 16.8. The lowest BCUT2D eigenvalue weighted by Gasteiger charge is -2.25. The van der Waals surface area contributed by atoms with Crippen molar-refractivity contribution in [1.29, 1.82) is 0 Å². The van der Waals surface area contributed by atoms with Gasteiger partial charge in [-0.15, -0.1) is 0 Å². The van der Waals surface area contributed by atoms with Crippen LogP contribution in [0.3, 0.4) is 0 Å². The lowest BCUT2D eigenvalue weighted by Crippen LogP contribution is -2.41. The molecule has 0 bridgehead atoms. The Labute approximate surface area is 243 Å². The van der Waals surface area contributed by atoms with Crippen LogP contribution in [-0.4, -0.2) is 57.5 Å². The van der Waals surface area contributed by atoms with Crippen LogP contribution in [0.25, 0.3) is 22.1 Å². The first-order valence-corrected chi connectivity index (χ1v) is 17.9. The molecule has 11 heteroatoms. The molecular weight excluding hydrogens is 560 g/mol. The summed E-state index contributed by atoms with van der Waals surface area (Å²) < 4.78 is 46.8. The van der Waals surface area contributed by atoms with Gasteiger partial charge < -0.3 is 9.73 Å². The van der Waals surface area contributed by atoms with E-state index in [4.69, 9.17) is 9.40 Å². The van der Waals surface area contributed by atoms with Crippen molar-refractivity contribution >= 4 is 42.1 Å². The van der Waals surface area contributed by atoms with Crippen LogP contribution in [0.2, 0.25) is 0 Å². The molecule has 222 valence electrons. The minimum absolute atomic E-state index is 0.0270. The van der Waals surface area contributed by atoms with Gasteiger partial charge in [-0.2, -0.15) is 0 Å². The lowest BCUT2D eigenvalue weighted by atomic mass is 9.85. The molecule has 2 fully saturated rings. The van der Waals surface area contributed by atoms with Crippen molar-refractivity contribution in [3.63, 3.8) is 0 Å². The number of carbonyl (C=O) groups is 1. The van der Waals surface area contributed by atoms with Crippen molar-refractivity contribution in [3.05, 3.63) is 42.2 Å². The van der Waals surface area contributed by atoms with Gasteiger partial charge in [0.15, 0.2) is 5.76 Å². The van der Waals surface area contributed by atoms with Gasteiger partial charge in [0, 0.05) is 34.9 Å². The highest BCUT2D eigenvalue weighted by Crippen LogP contribution is 2.37. The maximum atomic E-state index is 13.7. The van der Waals surface area contributed by atoms with Gasteiger partial charge in [0.2, 0.25) is 0 Å². The highest BCUT2D eigenvalue weighted by Gasteiger charge is 2.29. The van der Waals surface area contributed by atoms with Gasteiger partial charge in [0.05, 0.1) is 31.8 Å². The number of amides is 1. The fourth-order valence-corrected chi connectivity index (χ4v) is 9.34. The standard InChI is InChI=1S/C30H40N4O5S2/c1-30(2,3)34-40(4,36)26-11-10-23(22-12-15-31-19-24(22)26)27-25(18-20-8-6-5-7-9-20)33-29(39-27)28(35)32-21-13-16-41(37,38)17-14-21/h10-12,15,19-21H,4-9,13-14,16-18H2,1-3H3,(H,32,35)(H,34,36). The molecule has 3 aromatic rings. The van der Waals surface area contributed by atoms with Crippen LogP contribution >= 0.6 is 0 Å². The summed E-state index contributed by atoms with van der Waals surface area (Å²) in [6, 6.07) is 5.28. The summed E-state index contributed by atoms with van der Waals surface area (Å²) in [4.78, 5) is 22.8. The zero-order valence-electron chi connectivity index (χ0n) is 24.1. The zero-order valence-corrected chi connectivity index (χ0v) is 25.7. The van der Waals surface area contributed by atoms with Crippen molar-refractivity contribution in [2.75, 3.05) is 11.5 Å². The Bertz CT molecular complexity index is 1640. The number of rotatable bonds is 7. The van der Waals surface area contributed by atoms with Gasteiger partial charge in [-0.3, -0.25) is 9.78 Å². The lowest BCUT2D eigenvalue weighted by molar-refractivity contribution is 0.0900. The Morgan fingerprint density at radius 1 is 1.07 bits per heavy atom. The fourth-order valence-electron chi connectivity index (χ4n) is 5.94. The van der Waals surface area contributed by atoms with Crippen LogP contribution in [0.15, 0.2) is 39.9 Å². The number of sulfone groups is 1. The normalized spacial score (nSPS) is 20.1. The molecule has 1 unspecified atom stereocenters. The Morgan fingerprint density at radius 3 is 2.46 bits per heavy atom. The highest BCUT2D eigenvalue weighted by molar-refractivity contribution is 7.98. The summed E-state index contributed by atoms with van der Waals surface area (Å²) in [5, 5.41) is 4.41. The maximum absolute atomic E-state index is 13.7. The first kappa shape index (κ1) is 29.7. The number of aromatic nitrogens is 2. The Morgan fingerprint density at radius 2 is 1.78 bits per heavy atom. The van der Waals surface area contributed by atoms with Gasteiger partial charge in [0.25, 0.3) is 5.89 Å². The van der Waals surface area contributed by atoms with Crippen LogP contribution < -0.4 is 10.0 Å². The molecule has 2 aromatic heterocycles. The van der Waals surface area contributed by atoms with E-state index in [0.717, 1.165) is 29.5 Å². The van der Waals surface area contributed by atoms with Crippen LogP contribution in [0.5, 0.6) is 0 Å². The second-order valence-electron chi connectivity index (χ2n) is 12.5. The molecule has 5 rings (SSSR count). The molecule has 41 heavy (non-hydrogen) atoms. The summed E-state index contributed by atoms with van der Waals surface area (Å²) in [6.07, 6.45) is 10.6. The SMILES string of the molecule is C=S(=O)(NC(C)(C)C)c1ccc(-c2oc(C(=O)NC3CCS(=O)(=O)CC3)nc2CC2CCCCC2)c2ccncc12. The molecule has 0 radical (unpaired) electrons. The summed E-state index contributed by atoms with van der Waals surface area (Å²) in [5.41, 5.74) is 1.05. The molecule has 1 aliphatic heterocycles. The largest absolute Gasteiger partial charge is 0.432 e. The Hall–Kier alpha value is -2.76. The minimum atomic E-state index is -3.04. The van der Waals surface area contributed by atoms with E-state index in [1.165, 1.54) is 19.3 Å².